The first-order valence-electron chi connectivity index (χ1n) is 10.5. The fourth-order valence-corrected chi connectivity index (χ4v) is 7.00. The summed E-state index contributed by atoms with van der Waals surface area (Å²) in [4.78, 5) is 35.8. The van der Waals surface area contributed by atoms with Crippen molar-refractivity contribution in [3.8, 4) is 0 Å². The average Bonchev–Trinajstić information content (AvgIpc) is 2.91. The van der Waals surface area contributed by atoms with Gasteiger partial charge in [0.25, 0.3) is 0 Å². The Balaban J connectivity index is 1.66. The molecule has 5 nitrogen and oxygen atoms in total. The van der Waals surface area contributed by atoms with Crippen LogP contribution in [0.2, 0.25) is 0 Å². The minimum Gasteiger partial charge on any atom is -0.458 e. The van der Waals surface area contributed by atoms with E-state index in [2.05, 4.69) is 0 Å². The molecule has 4 aliphatic carbocycles. The van der Waals surface area contributed by atoms with Crippen LogP contribution < -0.4 is 0 Å². The Morgan fingerprint density at radius 2 is 2.03 bits per heavy atom. The van der Waals surface area contributed by atoms with E-state index < -0.39 is 41.0 Å². The summed E-state index contributed by atoms with van der Waals surface area (Å²) in [6.45, 7) is 4.58. The van der Waals surface area contributed by atoms with Crippen LogP contribution in [0.25, 0.3) is 0 Å². The number of carbonyl (C=O) groups is 3. The van der Waals surface area contributed by atoms with Crippen LogP contribution >= 0.6 is 0 Å². The van der Waals surface area contributed by atoms with Gasteiger partial charge in [0.1, 0.15) is 11.8 Å². The molecule has 0 saturated heterocycles. The van der Waals surface area contributed by atoms with E-state index in [-0.39, 0.29) is 36.4 Å². The second-order valence-electron chi connectivity index (χ2n) is 9.76. The number of ether oxygens (including phenoxy) is 1. The maximum atomic E-state index is 15.8. The number of hydrogen-bond acceptors (Lipinski definition) is 5. The Kier molecular flexibility index (Phi) is 4.65. The topological polar surface area (TPSA) is 80.7 Å². The molecule has 4 aliphatic rings. The van der Waals surface area contributed by atoms with Crippen LogP contribution in [-0.2, 0) is 19.1 Å². The van der Waals surface area contributed by atoms with Crippen LogP contribution in [0.1, 0.15) is 52.9 Å². The first-order chi connectivity index (χ1) is 13.5. The van der Waals surface area contributed by atoms with Crippen LogP contribution in [-0.4, -0.2) is 41.0 Å². The van der Waals surface area contributed by atoms with E-state index in [0.717, 1.165) is 18.4 Å². The van der Waals surface area contributed by atoms with Crippen molar-refractivity contribution in [2.24, 2.45) is 28.6 Å². The molecule has 7 atom stereocenters. The summed E-state index contributed by atoms with van der Waals surface area (Å²) in [5, 5.41) is 11.4. The molecule has 0 spiro atoms. The second kappa shape index (κ2) is 6.59. The molecule has 3 fully saturated rings. The highest BCUT2D eigenvalue weighted by atomic mass is 19.1. The van der Waals surface area contributed by atoms with Gasteiger partial charge in [-0.25, -0.2) is 4.39 Å². The fraction of sp³-hybridized carbons (Fsp3) is 0.696. The molecule has 0 aliphatic heterocycles. The van der Waals surface area contributed by atoms with Crippen LogP contribution in [0.4, 0.5) is 4.39 Å². The van der Waals surface area contributed by atoms with Crippen LogP contribution in [0.15, 0.2) is 23.8 Å². The van der Waals surface area contributed by atoms with E-state index in [1.54, 1.807) is 12.2 Å². The molecule has 6 heteroatoms. The molecule has 1 N–H and O–H groups in total. The van der Waals surface area contributed by atoms with E-state index in [4.69, 9.17) is 4.74 Å². The van der Waals surface area contributed by atoms with Gasteiger partial charge < -0.3 is 9.84 Å². The number of alkyl halides is 1. The molecule has 0 unspecified atom stereocenters. The molecule has 0 aromatic heterocycles. The highest BCUT2D eigenvalue weighted by Crippen LogP contribution is 2.67. The third-order valence-electron chi connectivity index (χ3n) is 8.48. The zero-order chi connectivity index (χ0) is 21.2. The van der Waals surface area contributed by atoms with Crippen molar-refractivity contribution in [2.75, 3.05) is 6.61 Å². The van der Waals surface area contributed by atoms with Crippen molar-refractivity contribution in [3.63, 3.8) is 0 Å². The molecule has 0 amide bonds. The van der Waals surface area contributed by atoms with Crippen LogP contribution in [0.3, 0.4) is 0 Å². The highest BCUT2D eigenvalue weighted by molar-refractivity contribution is 6.01. The highest BCUT2D eigenvalue weighted by Gasteiger charge is 2.68. The van der Waals surface area contributed by atoms with Gasteiger partial charge in [0.15, 0.2) is 12.4 Å². The molecule has 158 valence electrons. The van der Waals surface area contributed by atoms with Gasteiger partial charge in [-0.3, -0.25) is 14.4 Å². The van der Waals surface area contributed by atoms with E-state index in [0.29, 0.717) is 6.42 Å². The standard InChI is InChI=1S/C23H29FO5/c1-13(25)29-12-19(27)23(28)9-7-17-16-5-4-14-10-15(26)6-8-21(14,2)20(16)18(24)11-22(17,23)3/h6,8,10,16-18,20,28H,4-5,7,9,11-12H2,1-3H3/t16-,17-,18-,20+,21-,22-,23-/m0/s1. The van der Waals surface area contributed by atoms with Gasteiger partial charge in [-0.15, -0.1) is 0 Å². The van der Waals surface area contributed by atoms with Gasteiger partial charge in [-0.05, 0) is 56.1 Å². The number of halogens is 1. The average molecular weight is 404 g/mol. The minimum atomic E-state index is -1.68. The third kappa shape index (κ3) is 2.78. The molecule has 3 saturated carbocycles. The molecule has 4 rings (SSSR count). The lowest BCUT2D eigenvalue weighted by Gasteiger charge is -2.58. The van der Waals surface area contributed by atoms with E-state index in [1.807, 2.05) is 19.9 Å². The summed E-state index contributed by atoms with van der Waals surface area (Å²) in [6.07, 6.45) is 6.34. The Hall–Kier alpha value is -1.82. The van der Waals surface area contributed by atoms with Crippen molar-refractivity contribution in [3.05, 3.63) is 23.8 Å². The molecule has 0 radical (unpaired) electrons. The van der Waals surface area contributed by atoms with Gasteiger partial charge in [0.2, 0.25) is 5.78 Å². The van der Waals surface area contributed by atoms with Gasteiger partial charge in [0, 0.05) is 23.7 Å². The maximum absolute atomic E-state index is 15.8. The van der Waals surface area contributed by atoms with Gasteiger partial charge in [0.05, 0.1) is 0 Å². The molecule has 0 heterocycles. The lowest BCUT2D eigenvalue weighted by atomic mass is 9.46. The quantitative estimate of drug-likeness (QED) is 0.731. The lowest BCUT2D eigenvalue weighted by Crippen LogP contribution is -2.61. The summed E-state index contributed by atoms with van der Waals surface area (Å²) < 4.78 is 20.6. The van der Waals surface area contributed by atoms with E-state index >= 15 is 4.39 Å². The van der Waals surface area contributed by atoms with Crippen molar-refractivity contribution in [1.29, 1.82) is 0 Å². The van der Waals surface area contributed by atoms with Gasteiger partial charge in [-0.1, -0.05) is 25.5 Å². The number of esters is 1. The predicted molar refractivity (Wildman–Crippen MR) is 103 cm³/mol. The van der Waals surface area contributed by atoms with Crippen molar-refractivity contribution >= 4 is 17.5 Å². The first-order valence-corrected chi connectivity index (χ1v) is 10.5. The van der Waals surface area contributed by atoms with Crippen LogP contribution in [0, 0.1) is 28.6 Å². The van der Waals surface area contributed by atoms with Crippen LogP contribution in [0.5, 0.6) is 0 Å². The predicted octanol–water partition coefficient (Wildman–Crippen LogP) is 3.11. The second-order valence-corrected chi connectivity index (χ2v) is 9.76. The number of fused-ring (bicyclic) bond motifs is 5. The zero-order valence-corrected chi connectivity index (χ0v) is 17.2. The Bertz CT molecular complexity index is 831. The number of Topliss-reactive ketones (excluding diaryl/α,β-unsaturated/α-hetero) is 1. The molecule has 0 aromatic carbocycles. The monoisotopic (exact) mass is 404 g/mol. The largest absolute Gasteiger partial charge is 0.458 e. The Morgan fingerprint density at radius 1 is 1.31 bits per heavy atom. The molecular weight excluding hydrogens is 375 g/mol. The van der Waals surface area contributed by atoms with E-state index in [9.17, 15) is 19.5 Å². The summed E-state index contributed by atoms with van der Waals surface area (Å²) in [5.41, 5.74) is -2.08. The van der Waals surface area contributed by atoms with E-state index in [1.165, 1.54) is 6.92 Å². The van der Waals surface area contributed by atoms with Crippen molar-refractivity contribution in [2.45, 2.75) is 64.6 Å². The normalized spacial score (nSPS) is 45.7. The minimum absolute atomic E-state index is 0.00943. The van der Waals surface area contributed by atoms with Crippen molar-refractivity contribution < 1.29 is 28.6 Å². The fourth-order valence-electron chi connectivity index (χ4n) is 7.00. The summed E-state index contributed by atoms with van der Waals surface area (Å²) in [6, 6.07) is 0. The number of carbonyl (C=O) groups excluding carboxylic acids is 3. The number of aliphatic hydroxyl groups is 1. The van der Waals surface area contributed by atoms with Crippen molar-refractivity contribution in [1.82, 2.24) is 0 Å². The Morgan fingerprint density at radius 3 is 2.72 bits per heavy atom. The number of allylic oxidation sites excluding steroid dienone is 4. The summed E-state index contributed by atoms with van der Waals surface area (Å²) in [5.74, 6) is -1.38. The number of hydrogen-bond donors (Lipinski definition) is 1. The SMILES string of the molecule is CC(=O)OCC(=O)[C@@]1(O)CC[C@H]2[C@@H]3CCC4=CC(=O)C=C[C@]4(C)[C@H]3[C@@H](F)C[C@@]21C. The molecule has 0 bridgehead atoms. The molecular formula is C23H29FO5. The number of ketones is 2. The van der Waals surface area contributed by atoms with Gasteiger partial charge >= 0.3 is 5.97 Å². The smallest absolute Gasteiger partial charge is 0.303 e. The molecule has 0 aromatic rings. The lowest BCUT2D eigenvalue weighted by molar-refractivity contribution is -0.174. The zero-order valence-electron chi connectivity index (χ0n) is 17.2. The first kappa shape index (κ1) is 20.5. The Labute approximate surface area is 170 Å². The molecule has 29 heavy (non-hydrogen) atoms. The van der Waals surface area contributed by atoms with Gasteiger partial charge in [-0.2, -0.15) is 0 Å². The number of rotatable bonds is 3. The summed E-state index contributed by atoms with van der Waals surface area (Å²) in [7, 11) is 0. The summed E-state index contributed by atoms with van der Waals surface area (Å²) >= 11 is 0. The maximum Gasteiger partial charge on any atom is 0.303 e. The third-order valence-corrected chi connectivity index (χ3v) is 8.48.